The summed E-state index contributed by atoms with van der Waals surface area (Å²) in [4.78, 5) is 10.9. The minimum absolute atomic E-state index is 0.245. The van der Waals surface area contributed by atoms with Crippen LogP contribution in [0.25, 0.3) is 10.1 Å². The first-order chi connectivity index (χ1) is 6.61. The molecule has 72 valence electrons. The molecule has 0 spiro atoms. The molecule has 0 radical (unpaired) electrons. The van der Waals surface area contributed by atoms with E-state index in [2.05, 4.69) is 15.9 Å². The fourth-order valence-corrected chi connectivity index (χ4v) is 2.97. The van der Waals surface area contributed by atoms with Crippen LogP contribution in [0.5, 0.6) is 0 Å². The number of hydrogen-bond acceptors (Lipinski definition) is 2. The highest BCUT2D eigenvalue weighted by Gasteiger charge is 2.14. The van der Waals surface area contributed by atoms with E-state index in [0.29, 0.717) is 5.02 Å². The first-order valence-electron chi connectivity index (χ1n) is 3.69. The van der Waals surface area contributed by atoms with E-state index in [1.165, 1.54) is 17.4 Å². The van der Waals surface area contributed by atoms with Crippen LogP contribution in [0.3, 0.4) is 0 Å². The molecule has 1 aromatic heterocycles. The van der Waals surface area contributed by atoms with E-state index >= 15 is 0 Å². The second-order valence-electron chi connectivity index (χ2n) is 2.69. The van der Waals surface area contributed by atoms with Crippen molar-refractivity contribution in [3.05, 3.63) is 32.6 Å². The third-order valence-electron chi connectivity index (χ3n) is 1.87. The van der Waals surface area contributed by atoms with Crippen molar-refractivity contribution in [1.29, 1.82) is 0 Å². The van der Waals surface area contributed by atoms with Crippen LogP contribution >= 0.6 is 38.9 Å². The molecule has 2 nitrogen and oxygen atoms in total. The zero-order chi connectivity index (χ0) is 10.3. The third-order valence-corrected chi connectivity index (χ3v) is 4.41. The summed E-state index contributed by atoms with van der Waals surface area (Å²) in [7, 11) is 0. The summed E-state index contributed by atoms with van der Waals surface area (Å²) in [6, 6.07) is 3.24. The van der Waals surface area contributed by atoms with E-state index in [-0.39, 0.29) is 5.56 Å². The van der Waals surface area contributed by atoms with Crippen LogP contribution in [0.1, 0.15) is 10.4 Å². The highest BCUT2D eigenvalue weighted by Crippen LogP contribution is 2.36. The van der Waals surface area contributed by atoms with Gasteiger partial charge >= 0.3 is 5.97 Å². The Hall–Kier alpha value is -0.580. The second-order valence-corrected chi connectivity index (χ2v) is 4.80. The molecule has 0 saturated heterocycles. The number of carboxylic acids is 1. The number of carbonyl (C=O) groups is 1. The van der Waals surface area contributed by atoms with Crippen LogP contribution in [-0.4, -0.2) is 11.1 Å². The van der Waals surface area contributed by atoms with E-state index in [4.69, 9.17) is 16.7 Å². The number of thiophene rings is 1. The maximum absolute atomic E-state index is 10.9. The molecule has 0 fully saturated rings. The molecule has 2 rings (SSSR count). The van der Waals surface area contributed by atoms with E-state index in [1.54, 1.807) is 6.07 Å². The van der Waals surface area contributed by atoms with Gasteiger partial charge in [0.15, 0.2) is 0 Å². The number of benzene rings is 1. The van der Waals surface area contributed by atoms with Crippen molar-refractivity contribution < 1.29 is 9.90 Å². The van der Waals surface area contributed by atoms with E-state index in [1.807, 2.05) is 5.38 Å². The molecule has 1 aromatic carbocycles. The van der Waals surface area contributed by atoms with Gasteiger partial charge in [-0.2, -0.15) is 0 Å². The quantitative estimate of drug-likeness (QED) is 0.862. The van der Waals surface area contributed by atoms with Crippen LogP contribution in [0.15, 0.2) is 22.0 Å². The van der Waals surface area contributed by atoms with Crippen molar-refractivity contribution in [3.8, 4) is 0 Å². The molecular formula is C9H4BrClO2S. The van der Waals surface area contributed by atoms with Gasteiger partial charge in [-0.25, -0.2) is 4.79 Å². The summed E-state index contributed by atoms with van der Waals surface area (Å²) < 4.78 is 1.63. The van der Waals surface area contributed by atoms with Crippen molar-refractivity contribution in [2.45, 2.75) is 0 Å². The molecule has 1 N–H and O–H groups in total. The molecule has 1 heterocycles. The number of halogens is 2. The zero-order valence-electron chi connectivity index (χ0n) is 6.75. The average molecular weight is 292 g/mol. The Morgan fingerprint density at radius 1 is 1.57 bits per heavy atom. The Morgan fingerprint density at radius 2 is 2.29 bits per heavy atom. The van der Waals surface area contributed by atoms with Crippen molar-refractivity contribution in [3.63, 3.8) is 0 Å². The number of hydrogen-bond donors (Lipinski definition) is 1. The first-order valence-corrected chi connectivity index (χ1v) is 5.75. The van der Waals surface area contributed by atoms with Gasteiger partial charge in [-0.3, -0.25) is 0 Å². The van der Waals surface area contributed by atoms with Crippen LogP contribution in [0.2, 0.25) is 5.02 Å². The Labute approximate surface area is 97.2 Å². The molecule has 2 aromatic rings. The van der Waals surface area contributed by atoms with Gasteiger partial charge in [-0.1, -0.05) is 11.6 Å². The number of aromatic carboxylic acids is 1. The standard InChI is InChI=1S/C9H4BrClO2S/c10-7-6(11)3-5(9(12)13)4-1-2-14-8(4)7/h1-3H,(H,12,13). The normalized spacial score (nSPS) is 10.7. The predicted octanol–water partition coefficient (Wildman–Crippen LogP) is 4.02. The average Bonchev–Trinajstić information content (AvgIpc) is 2.59. The van der Waals surface area contributed by atoms with E-state index in [0.717, 1.165) is 14.6 Å². The minimum Gasteiger partial charge on any atom is -0.478 e. The van der Waals surface area contributed by atoms with Gasteiger partial charge in [0.2, 0.25) is 0 Å². The van der Waals surface area contributed by atoms with Crippen molar-refractivity contribution in [1.82, 2.24) is 0 Å². The second kappa shape index (κ2) is 3.53. The maximum Gasteiger partial charge on any atom is 0.336 e. The smallest absolute Gasteiger partial charge is 0.336 e. The summed E-state index contributed by atoms with van der Waals surface area (Å²) in [5.41, 5.74) is 0.245. The van der Waals surface area contributed by atoms with Gasteiger partial charge in [0, 0.05) is 5.39 Å². The predicted molar refractivity (Wildman–Crippen MR) is 61.5 cm³/mol. The van der Waals surface area contributed by atoms with Crippen LogP contribution < -0.4 is 0 Å². The fourth-order valence-electron chi connectivity index (χ4n) is 1.24. The molecule has 0 amide bonds. The van der Waals surface area contributed by atoms with Gasteiger partial charge in [0.25, 0.3) is 0 Å². The van der Waals surface area contributed by atoms with Gasteiger partial charge in [0.05, 0.1) is 19.8 Å². The largest absolute Gasteiger partial charge is 0.478 e. The lowest BCUT2D eigenvalue weighted by molar-refractivity contribution is 0.0699. The van der Waals surface area contributed by atoms with Gasteiger partial charge in [-0.15, -0.1) is 11.3 Å². The van der Waals surface area contributed by atoms with Gasteiger partial charge in [0.1, 0.15) is 0 Å². The Kier molecular flexibility index (Phi) is 2.51. The fraction of sp³-hybridized carbons (Fsp3) is 0. The zero-order valence-corrected chi connectivity index (χ0v) is 9.91. The highest BCUT2D eigenvalue weighted by atomic mass is 79.9. The Balaban J connectivity index is 2.91. The molecule has 5 heteroatoms. The van der Waals surface area contributed by atoms with Gasteiger partial charge < -0.3 is 5.11 Å². The first kappa shape index (κ1) is 9.96. The third kappa shape index (κ3) is 1.43. The van der Waals surface area contributed by atoms with Crippen LogP contribution in [0.4, 0.5) is 0 Å². The van der Waals surface area contributed by atoms with Crippen LogP contribution in [0, 0.1) is 0 Å². The Bertz CT molecular complexity index is 521. The lowest BCUT2D eigenvalue weighted by Crippen LogP contribution is -1.96. The lowest BCUT2D eigenvalue weighted by Gasteiger charge is -2.01. The molecule has 0 aliphatic heterocycles. The number of carboxylic acid groups (broad SMARTS) is 1. The lowest BCUT2D eigenvalue weighted by atomic mass is 10.1. The molecule has 0 saturated carbocycles. The van der Waals surface area contributed by atoms with Crippen molar-refractivity contribution >= 4 is 54.9 Å². The molecule has 0 bridgehead atoms. The Morgan fingerprint density at radius 3 is 2.93 bits per heavy atom. The summed E-state index contributed by atoms with van der Waals surface area (Å²) in [5, 5.41) is 11.9. The molecule has 0 aliphatic rings. The SMILES string of the molecule is O=C(O)c1cc(Cl)c(Br)c2sccc12. The number of rotatable bonds is 1. The molecule has 0 aliphatic carbocycles. The minimum atomic E-state index is -0.956. The van der Waals surface area contributed by atoms with Crippen molar-refractivity contribution in [2.75, 3.05) is 0 Å². The summed E-state index contributed by atoms with van der Waals surface area (Å²) in [6.45, 7) is 0. The molecule has 0 unspecified atom stereocenters. The molecule has 0 atom stereocenters. The molecule has 14 heavy (non-hydrogen) atoms. The summed E-state index contributed by atoms with van der Waals surface area (Å²) in [5.74, 6) is -0.956. The van der Waals surface area contributed by atoms with E-state index < -0.39 is 5.97 Å². The summed E-state index contributed by atoms with van der Waals surface area (Å²) >= 11 is 10.7. The molecular weight excluding hydrogens is 288 g/mol. The monoisotopic (exact) mass is 290 g/mol. The van der Waals surface area contributed by atoms with Gasteiger partial charge in [-0.05, 0) is 33.4 Å². The highest BCUT2D eigenvalue weighted by molar-refractivity contribution is 9.10. The summed E-state index contributed by atoms with van der Waals surface area (Å²) in [6.07, 6.45) is 0. The number of fused-ring (bicyclic) bond motifs is 1. The van der Waals surface area contributed by atoms with Crippen molar-refractivity contribution in [2.24, 2.45) is 0 Å². The van der Waals surface area contributed by atoms with E-state index in [9.17, 15) is 4.79 Å². The maximum atomic E-state index is 10.9. The van der Waals surface area contributed by atoms with Crippen LogP contribution in [-0.2, 0) is 0 Å². The topological polar surface area (TPSA) is 37.3 Å².